The van der Waals surface area contributed by atoms with Gasteiger partial charge in [0.25, 0.3) is 5.91 Å². The van der Waals surface area contributed by atoms with Gasteiger partial charge in [0, 0.05) is 10.7 Å². The fourth-order valence-electron chi connectivity index (χ4n) is 2.59. The molecule has 0 radical (unpaired) electrons. The first kappa shape index (κ1) is 19.0. The van der Waals surface area contributed by atoms with Gasteiger partial charge >= 0.3 is 0 Å². The Balaban J connectivity index is 1.53. The fourth-order valence-corrected chi connectivity index (χ4v) is 2.78. The van der Waals surface area contributed by atoms with E-state index < -0.39 is 5.91 Å². The van der Waals surface area contributed by atoms with Gasteiger partial charge < -0.3 is 16.4 Å². The van der Waals surface area contributed by atoms with Crippen LogP contribution in [-0.4, -0.2) is 35.7 Å². The van der Waals surface area contributed by atoms with Crippen molar-refractivity contribution in [2.45, 2.75) is 6.54 Å². The molecule has 30 heavy (non-hydrogen) atoms. The van der Waals surface area contributed by atoms with E-state index in [-0.39, 0.29) is 23.8 Å². The molecule has 0 aliphatic rings. The Morgan fingerprint density at radius 1 is 1.27 bits per heavy atom. The molecule has 3 aromatic heterocycles. The number of hydrogen-bond donors (Lipinski definition) is 3. The maximum atomic E-state index is 12.4. The lowest BCUT2D eigenvalue weighted by molar-refractivity contribution is 0.0945. The summed E-state index contributed by atoms with van der Waals surface area (Å²) in [4.78, 5) is 20.1. The van der Waals surface area contributed by atoms with Gasteiger partial charge in [0.15, 0.2) is 34.5 Å². The molecule has 1 aromatic carbocycles. The highest BCUT2D eigenvalue weighted by Crippen LogP contribution is 2.19. The molecule has 0 saturated carbocycles. The van der Waals surface area contributed by atoms with E-state index in [1.807, 2.05) is 18.2 Å². The number of rotatable bonds is 5. The van der Waals surface area contributed by atoms with Crippen molar-refractivity contribution in [1.82, 2.24) is 35.1 Å². The molecule has 0 aliphatic heterocycles. The summed E-state index contributed by atoms with van der Waals surface area (Å²) in [6, 6.07) is 12.5. The van der Waals surface area contributed by atoms with E-state index in [2.05, 4.69) is 35.9 Å². The van der Waals surface area contributed by atoms with Crippen molar-refractivity contribution in [1.29, 1.82) is 5.26 Å². The van der Waals surface area contributed by atoms with Crippen molar-refractivity contribution >= 4 is 40.5 Å². The summed E-state index contributed by atoms with van der Waals surface area (Å²) in [7, 11) is 0. The Hall–Kier alpha value is -4.30. The maximum Gasteiger partial charge on any atom is 0.274 e. The number of carbonyl (C=O) groups excluding carboxylic acids is 1. The second kappa shape index (κ2) is 7.98. The van der Waals surface area contributed by atoms with Crippen LogP contribution in [-0.2, 0) is 6.54 Å². The van der Waals surface area contributed by atoms with Crippen LogP contribution in [0.1, 0.15) is 22.0 Å². The third-order valence-electron chi connectivity index (χ3n) is 3.96. The van der Waals surface area contributed by atoms with Crippen molar-refractivity contribution in [3.05, 3.63) is 64.8 Å². The predicted molar refractivity (Wildman–Crippen MR) is 108 cm³/mol. The quantitative estimate of drug-likeness (QED) is 0.436. The highest BCUT2D eigenvalue weighted by molar-refractivity contribution is 6.30. The lowest BCUT2D eigenvalue weighted by Gasteiger charge is -2.07. The second-order valence-electron chi connectivity index (χ2n) is 6.02. The number of hydrogen-bond acceptors (Lipinski definition) is 9. The van der Waals surface area contributed by atoms with Crippen LogP contribution in [0.25, 0.3) is 5.65 Å². The summed E-state index contributed by atoms with van der Waals surface area (Å²) in [5, 5.41) is 27.8. The molecule has 0 spiro atoms. The van der Waals surface area contributed by atoms with Gasteiger partial charge in [-0.25, -0.2) is 9.97 Å². The monoisotopic (exact) mass is 420 g/mol. The average Bonchev–Trinajstić information content (AvgIpc) is 3.14. The van der Waals surface area contributed by atoms with Gasteiger partial charge in [-0.1, -0.05) is 17.7 Å². The third-order valence-corrected chi connectivity index (χ3v) is 4.20. The average molecular weight is 421 g/mol. The Labute approximate surface area is 174 Å². The van der Waals surface area contributed by atoms with Crippen LogP contribution in [0.3, 0.4) is 0 Å². The summed E-state index contributed by atoms with van der Waals surface area (Å²) in [5.41, 5.74) is 6.80. The smallest absolute Gasteiger partial charge is 0.274 e. The fraction of sp³-hybridized carbons (Fsp3) is 0.0556. The minimum Gasteiger partial charge on any atom is -0.382 e. The topological polar surface area (TPSA) is 160 Å². The minimum absolute atomic E-state index is 0.00548. The molecule has 0 saturated heterocycles. The Morgan fingerprint density at radius 3 is 2.93 bits per heavy atom. The van der Waals surface area contributed by atoms with Crippen LogP contribution in [0, 0.1) is 11.3 Å². The number of anilines is 3. The van der Waals surface area contributed by atoms with Crippen LogP contribution < -0.4 is 16.4 Å². The van der Waals surface area contributed by atoms with Crippen molar-refractivity contribution in [2.75, 3.05) is 11.1 Å². The molecule has 12 heteroatoms. The van der Waals surface area contributed by atoms with E-state index in [9.17, 15) is 4.79 Å². The predicted octanol–water partition coefficient (Wildman–Crippen LogP) is 1.70. The number of aromatic nitrogens is 6. The second-order valence-corrected chi connectivity index (χ2v) is 6.46. The number of carbonyl (C=O) groups is 1. The van der Waals surface area contributed by atoms with Gasteiger partial charge in [-0.3, -0.25) is 4.79 Å². The standard InChI is InChI=1S/C18H13ClN10O/c19-10-2-1-3-11(6-10)24-13-4-5-14-26-27-15(29(14)28-13)9-23-18(30)16-17(21)22-8-12(7-20)25-16/h1-6,8H,9H2,(H2,21,22)(H,23,30)(H,24,28). The highest BCUT2D eigenvalue weighted by Gasteiger charge is 2.16. The number of halogens is 1. The largest absolute Gasteiger partial charge is 0.382 e. The SMILES string of the molecule is N#Cc1cnc(N)c(C(=O)NCc2nnc3ccc(Nc4cccc(Cl)c4)nn23)n1. The number of nitrogens with zero attached hydrogens (tertiary/aromatic N) is 7. The zero-order valence-electron chi connectivity index (χ0n) is 15.2. The van der Waals surface area contributed by atoms with E-state index >= 15 is 0 Å². The molecule has 0 unspecified atom stereocenters. The van der Waals surface area contributed by atoms with E-state index in [0.717, 1.165) is 5.69 Å². The number of nitrogens with one attached hydrogen (secondary N) is 2. The number of fused-ring (bicyclic) bond motifs is 1. The zero-order chi connectivity index (χ0) is 21.1. The lowest BCUT2D eigenvalue weighted by Crippen LogP contribution is -2.26. The first-order valence-electron chi connectivity index (χ1n) is 8.58. The summed E-state index contributed by atoms with van der Waals surface area (Å²) < 4.78 is 1.49. The van der Waals surface area contributed by atoms with Crippen LogP contribution >= 0.6 is 11.6 Å². The van der Waals surface area contributed by atoms with Crippen LogP contribution in [0.15, 0.2) is 42.6 Å². The summed E-state index contributed by atoms with van der Waals surface area (Å²) in [6.45, 7) is 0.00548. The first-order valence-corrected chi connectivity index (χ1v) is 8.96. The number of nitriles is 1. The highest BCUT2D eigenvalue weighted by atomic mass is 35.5. The first-order chi connectivity index (χ1) is 14.5. The number of nitrogen functional groups attached to an aromatic ring is 1. The number of nitrogens with two attached hydrogens (primary N) is 1. The van der Waals surface area contributed by atoms with E-state index in [0.29, 0.717) is 22.3 Å². The van der Waals surface area contributed by atoms with Crippen LogP contribution in [0.5, 0.6) is 0 Å². The van der Waals surface area contributed by atoms with Crippen molar-refractivity contribution in [3.8, 4) is 6.07 Å². The molecule has 1 amide bonds. The molecule has 0 atom stereocenters. The van der Waals surface area contributed by atoms with Crippen molar-refractivity contribution in [3.63, 3.8) is 0 Å². The van der Waals surface area contributed by atoms with Crippen molar-refractivity contribution < 1.29 is 4.79 Å². The Morgan fingerprint density at radius 2 is 2.13 bits per heavy atom. The maximum absolute atomic E-state index is 12.4. The van der Waals surface area contributed by atoms with Gasteiger partial charge in [-0.2, -0.15) is 9.78 Å². The summed E-state index contributed by atoms with van der Waals surface area (Å²) in [6.07, 6.45) is 1.19. The van der Waals surface area contributed by atoms with E-state index in [1.54, 1.807) is 24.3 Å². The third kappa shape index (κ3) is 3.94. The molecule has 4 N–H and O–H groups in total. The van der Waals surface area contributed by atoms with Gasteiger partial charge in [0.05, 0.1) is 12.7 Å². The van der Waals surface area contributed by atoms with Gasteiger partial charge in [0.1, 0.15) is 6.07 Å². The van der Waals surface area contributed by atoms with E-state index in [4.69, 9.17) is 22.6 Å². The molecule has 0 bridgehead atoms. The number of benzene rings is 1. The molecule has 4 rings (SSSR count). The Kier molecular flexibility index (Phi) is 5.06. The molecule has 0 aliphatic carbocycles. The molecule has 4 aromatic rings. The molecule has 0 fully saturated rings. The Bertz CT molecular complexity index is 1300. The molecule has 11 nitrogen and oxygen atoms in total. The number of amides is 1. The summed E-state index contributed by atoms with van der Waals surface area (Å²) >= 11 is 6.00. The van der Waals surface area contributed by atoms with Crippen molar-refractivity contribution in [2.24, 2.45) is 0 Å². The van der Waals surface area contributed by atoms with E-state index in [1.165, 1.54) is 10.7 Å². The van der Waals surface area contributed by atoms with Gasteiger partial charge in [0.2, 0.25) is 0 Å². The van der Waals surface area contributed by atoms with Gasteiger partial charge in [-0.15, -0.1) is 15.3 Å². The molecule has 3 heterocycles. The normalized spacial score (nSPS) is 10.5. The lowest BCUT2D eigenvalue weighted by atomic mass is 10.3. The molecular weight excluding hydrogens is 408 g/mol. The van der Waals surface area contributed by atoms with Crippen LogP contribution in [0.2, 0.25) is 5.02 Å². The summed E-state index contributed by atoms with van der Waals surface area (Å²) in [5.74, 6) is 0.246. The zero-order valence-corrected chi connectivity index (χ0v) is 16.0. The van der Waals surface area contributed by atoms with Crippen LogP contribution in [0.4, 0.5) is 17.3 Å². The van der Waals surface area contributed by atoms with Gasteiger partial charge in [-0.05, 0) is 30.3 Å². The molecule has 148 valence electrons. The molecular formula is C18H13ClN10O. The minimum atomic E-state index is -0.595.